The Morgan fingerprint density at radius 2 is 2.00 bits per heavy atom. The molecule has 0 radical (unpaired) electrons. The zero-order chi connectivity index (χ0) is 14.8. The van der Waals surface area contributed by atoms with Crippen molar-refractivity contribution in [1.82, 2.24) is 9.78 Å². The molecular weight excluding hydrogens is 246 g/mol. The molecule has 3 heteroatoms. The lowest BCUT2D eigenvalue weighted by molar-refractivity contribution is 0.180. The Labute approximate surface area is 123 Å². The van der Waals surface area contributed by atoms with E-state index in [1.165, 1.54) is 37.8 Å². The first-order chi connectivity index (χ1) is 9.47. The summed E-state index contributed by atoms with van der Waals surface area (Å²) >= 11 is 0. The van der Waals surface area contributed by atoms with Crippen LogP contribution in [0, 0.1) is 18.3 Å². The van der Waals surface area contributed by atoms with Crippen molar-refractivity contribution in [1.29, 1.82) is 0 Å². The van der Waals surface area contributed by atoms with Gasteiger partial charge in [-0.25, -0.2) is 0 Å². The molecule has 2 N–H and O–H groups in total. The highest BCUT2D eigenvalue weighted by molar-refractivity contribution is 5.12. The van der Waals surface area contributed by atoms with Crippen molar-refractivity contribution < 1.29 is 0 Å². The lowest BCUT2D eigenvalue weighted by Gasteiger charge is -2.37. The molecule has 1 atom stereocenters. The molecule has 1 fully saturated rings. The highest BCUT2D eigenvalue weighted by Crippen LogP contribution is 2.46. The third-order valence-electron chi connectivity index (χ3n) is 4.91. The topological polar surface area (TPSA) is 43.8 Å². The van der Waals surface area contributed by atoms with Crippen molar-refractivity contribution in [2.45, 2.75) is 78.8 Å². The summed E-state index contributed by atoms with van der Waals surface area (Å²) in [6, 6.07) is 2.48. The summed E-state index contributed by atoms with van der Waals surface area (Å²) in [4.78, 5) is 0. The van der Waals surface area contributed by atoms with Crippen molar-refractivity contribution in [3.8, 4) is 0 Å². The maximum Gasteiger partial charge on any atom is 0.0596 e. The van der Waals surface area contributed by atoms with E-state index in [0.717, 1.165) is 24.6 Å². The average Bonchev–Trinajstić information content (AvgIpc) is 2.96. The highest BCUT2D eigenvalue weighted by atomic mass is 15.3. The van der Waals surface area contributed by atoms with E-state index in [1.54, 1.807) is 0 Å². The predicted molar refractivity (Wildman–Crippen MR) is 84.7 cm³/mol. The van der Waals surface area contributed by atoms with Gasteiger partial charge in [0.2, 0.25) is 0 Å². The number of nitrogens with two attached hydrogens (primary N) is 1. The number of hydrogen-bond acceptors (Lipinski definition) is 2. The second-order valence-electron chi connectivity index (χ2n) is 7.07. The van der Waals surface area contributed by atoms with E-state index >= 15 is 0 Å². The number of rotatable bonds is 6. The van der Waals surface area contributed by atoms with Gasteiger partial charge in [0.05, 0.1) is 5.69 Å². The minimum atomic E-state index is 0.272. The molecule has 1 saturated carbocycles. The molecule has 2 rings (SSSR count). The molecule has 0 amide bonds. The van der Waals surface area contributed by atoms with Crippen molar-refractivity contribution >= 4 is 0 Å². The first-order valence-corrected chi connectivity index (χ1v) is 8.26. The van der Waals surface area contributed by atoms with Gasteiger partial charge in [-0.2, -0.15) is 5.10 Å². The van der Waals surface area contributed by atoms with Crippen LogP contribution in [-0.2, 0) is 13.0 Å². The van der Waals surface area contributed by atoms with Crippen LogP contribution >= 0.6 is 0 Å². The summed E-state index contributed by atoms with van der Waals surface area (Å²) in [5, 5.41) is 4.55. The maximum atomic E-state index is 6.69. The van der Waals surface area contributed by atoms with Crippen LogP contribution in [-0.4, -0.2) is 15.8 Å². The van der Waals surface area contributed by atoms with E-state index in [4.69, 9.17) is 5.73 Å². The van der Waals surface area contributed by atoms with Gasteiger partial charge in [-0.1, -0.05) is 26.7 Å². The van der Waals surface area contributed by atoms with E-state index in [9.17, 15) is 0 Å². The van der Waals surface area contributed by atoms with Crippen molar-refractivity contribution in [3.63, 3.8) is 0 Å². The number of hydrogen-bond donors (Lipinski definition) is 1. The van der Waals surface area contributed by atoms with Crippen LogP contribution in [0.25, 0.3) is 0 Å². The average molecular weight is 277 g/mol. The van der Waals surface area contributed by atoms with Crippen LogP contribution in [0.3, 0.4) is 0 Å². The van der Waals surface area contributed by atoms with Crippen LogP contribution in [0.15, 0.2) is 6.07 Å². The number of aromatic nitrogens is 2. The molecule has 3 nitrogen and oxygen atoms in total. The van der Waals surface area contributed by atoms with Crippen LogP contribution in [0.2, 0.25) is 0 Å². The minimum Gasteiger partial charge on any atom is -0.327 e. The first-order valence-electron chi connectivity index (χ1n) is 8.26. The van der Waals surface area contributed by atoms with Crippen molar-refractivity contribution in [2.75, 3.05) is 0 Å². The largest absolute Gasteiger partial charge is 0.327 e. The van der Waals surface area contributed by atoms with Crippen LogP contribution in [0.1, 0.15) is 64.3 Å². The van der Waals surface area contributed by atoms with Crippen LogP contribution in [0.4, 0.5) is 0 Å². The summed E-state index contributed by atoms with van der Waals surface area (Å²) < 4.78 is 2.12. The Morgan fingerprint density at radius 1 is 1.35 bits per heavy atom. The fourth-order valence-electron chi connectivity index (χ4n) is 4.10. The van der Waals surface area contributed by atoms with Gasteiger partial charge in [0.15, 0.2) is 0 Å². The van der Waals surface area contributed by atoms with Gasteiger partial charge < -0.3 is 5.73 Å². The van der Waals surface area contributed by atoms with Gasteiger partial charge in [-0.15, -0.1) is 0 Å². The normalized spacial score (nSPS) is 19.7. The molecule has 1 heterocycles. The Balaban J connectivity index is 2.14. The predicted octanol–water partition coefficient (Wildman–Crippen LogP) is 3.69. The van der Waals surface area contributed by atoms with Crippen LogP contribution in [0.5, 0.6) is 0 Å². The van der Waals surface area contributed by atoms with Gasteiger partial charge in [-0.05, 0) is 50.5 Å². The molecule has 1 aliphatic carbocycles. The molecule has 0 bridgehead atoms. The smallest absolute Gasteiger partial charge is 0.0596 e. The summed E-state index contributed by atoms with van der Waals surface area (Å²) in [6.07, 6.45) is 7.57. The fourth-order valence-corrected chi connectivity index (χ4v) is 4.10. The SMILES string of the molecule is CCn1nc(C)cc1CC(N)C1(CC(C)C)CCCC1. The Bertz CT molecular complexity index is 427. The molecule has 0 saturated heterocycles. The first kappa shape index (κ1) is 15.6. The molecule has 1 unspecified atom stereocenters. The summed E-state index contributed by atoms with van der Waals surface area (Å²) in [5.41, 5.74) is 9.47. The molecule has 0 aliphatic heterocycles. The zero-order valence-corrected chi connectivity index (χ0v) is 13.7. The van der Waals surface area contributed by atoms with Crippen molar-refractivity contribution in [2.24, 2.45) is 17.1 Å². The van der Waals surface area contributed by atoms with Gasteiger partial charge in [-0.3, -0.25) is 4.68 Å². The summed E-state index contributed by atoms with van der Waals surface area (Å²) in [6.45, 7) is 9.81. The van der Waals surface area contributed by atoms with Crippen molar-refractivity contribution in [3.05, 3.63) is 17.5 Å². The quantitative estimate of drug-likeness (QED) is 0.862. The Morgan fingerprint density at radius 3 is 2.55 bits per heavy atom. The van der Waals surface area contributed by atoms with Crippen LogP contribution < -0.4 is 5.73 Å². The monoisotopic (exact) mass is 277 g/mol. The van der Waals surface area contributed by atoms with E-state index in [2.05, 4.69) is 43.5 Å². The number of nitrogens with zero attached hydrogens (tertiary/aromatic N) is 2. The maximum absolute atomic E-state index is 6.69. The lowest BCUT2D eigenvalue weighted by Crippen LogP contribution is -2.42. The van der Waals surface area contributed by atoms with E-state index in [0.29, 0.717) is 5.41 Å². The minimum absolute atomic E-state index is 0.272. The molecule has 20 heavy (non-hydrogen) atoms. The fraction of sp³-hybridized carbons (Fsp3) is 0.824. The lowest BCUT2D eigenvalue weighted by atomic mass is 9.71. The summed E-state index contributed by atoms with van der Waals surface area (Å²) in [7, 11) is 0. The van der Waals surface area contributed by atoms with E-state index in [1.807, 2.05) is 0 Å². The van der Waals surface area contributed by atoms with E-state index < -0.39 is 0 Å². The molecule has 1 aromatic rings. The molecule has 1 aliphatic rings. The van der Waals surface area contributed by atoms with Gasteiger partial charge >= 0.3 is 0 Å². The summed E-state index contributed by atoms with van der Waals surface area (Å²) in [5.74, 6) is 0.733. The van der Waals surface area contributed by atoms with Gasteiger partial charge in [0.1, 0.15) is 0 Å². The Hall–Kier alpha value is -0.830. The molecule has 0 aromatic carbocycles. The van der Waals surface area contributed by atoms with Gasteiger partial charge in [0, 0.05) is 24.7 Å². The van der Waals surface area contributed by atoms with E-state index in [-0.39, 0.29) is 6.04 Å². The molecule has 0 spiro atoms. The second-order valence-corrected chi connectivity index (χ2v) is 7.07. The Kier molecular flexibility index (Phi) is 4.90. The highest BCUT2D eigenvalue weighted by Gasteiger charge is 2.40. The standard InChI is InChI=1S/C17H31N3/c1-5-20-15(10-14(4)19-20)11-16(18)17(12-13(2)3)8-6-7-9-17/h10,13,16H,5-9,11-12,18H2,1-4H3. The molecule has 1 aromatic heterocycles. The number of aryl methyl sites for hydroxylation is 2. The molecule has 114 valence electrons. The third kappa shape index (κ3) is 3.25. The third-order valence-corrected chi connectivity index (χ3v) is 4.91. The molecular formula is C17H31N3. The zero-order valence-electron chi connectivity index (χ0n) is 13.7. The van der Waals surface area contributed by atoms with Gasteiger partial charge in [0.25, 0.3) is 0 Å². The second kappa shape index (κ2) is 6.30.